The lowest BCUT2D eigenvalue weighted by Crippen LogP contribution is -2.26. The van der Waals surface area contributed by atoms with Crippen molar-refractivity contribution >= 4 is 17.5 Å². The number of rotatable bonds is 3. The number of nitrogens with one attached hydrogen (secondary N) is 1. The molecule has 1 amide bonds. The fourth-order valence-electron chi connectivity index (χ4n) is 1.60. The molecule has 0 radical (unpaired) electrons. The second-order valence-corrected chi connectivity index (χ2v) is 4.51. The molecule has 0 aliphatic heterocycles. The number of carbonyl (C=O) groups is 1. The average molecular weight is 265 g/mol. The van der Waals surface area contributed by atoms with Crippen molar-refractivity contribution in [3.8, 4) is 0 Å². The first-order chi connectivity index (χ1) is 8.56. The Morgan fingerprint density at radius 2 is 2.22 bits per heavy atom. The van der Waals surface area contributed by atoms with E-state index in [-0.39, 0.29) is 17.6 Å². The van der Waals surface area contributed by atoms with Crippen LogP contribution in [0.25, 0.3) is 0 Å². The Labute approximate surface area is 110 Å². The van der Waals surface area contributed by atoms with E-state index >= 15 is 0 Å². The highest BCUT2D eigenvalue weighted by atomic mass is 35.5. The first kappa shape index (κ1) is 12.6. The minimum absolute atomic E-state index is 0.145. The predicted molar refractivity (Wildman–Crippen MR) is 68.6 cm³/mol. The van der Waals surface area contributed by atoms with E-state index in [1.54, 1.807) is 19.1 Å². The molecule has 0 unspecified atom stereocenters. The van der Waals surface area contributed by atoms with Gasteiger partial charge in [0.05, 0.1) is 6.04 Å². The third-order valence-corrected chi connectivity index (χ3v) is 2.79. The molecule has 0 spiro atoms. The van der Waals surface area contributed by atoms with E-state index in [1.165, 1.54) is 0 Å². The Kier molecular flexibility index (Phi) is 3.67. The van der Waals surface area contributed by atoms with Crippen molar-refractivity contribution in [3.63, 3.8) is 0 Å². The summed E-state index contributed by atoms with van der Waals surface area (Å²) in [6.07, 6.45) is 0. The molecule has 18 heavy (non-hydrogen) atoms. The number of halogens is 1. The van der Waals surface area contributed by atoms with Crippen molar-refractivity contribution in [3.05, 3.63) is 52.4 Å². The van der Waals surface area contributed by atoms with Gasteiger partial charge in [0.1, 0.15) is 5.76 Å². The molecule has 94 valence electrons. The van der Waals surface area contributed by atoms with E-state index in [0.29, 0.717) is 10.8 Å². The second-order valence-electron chi connectivity index (χ2n) is 4.07. The number of benzene rings is 1. The minimum Gasteiger partial charge on any atom is -0.361 e. The summed E-state index contributed by atoms with van der Waals surface area (Å²) < 4.78 is 4.86. The van der Waals surface area contributed by atoms with Gasteiger partial charge in [-0.2, -0.15) is 0 Å². The monoisotopic (exact) mass is 264 g/mol. The van der Waals surface area contributed by atoms with Gasteiger partial charge >= 0.3 is 0 Å². The SMILES string of the molecule is Cc1cc(C(=O)N[C@@H](C)c2cccc(Cl)c2)no1. The van der Waals surface area contributed by atoms with E-state index < -0.39 is 0 Å². The molecule has 1 aromatic heterocycles. The van der Waals surface area contributed by atoms with Crippen LogP contribution in [0.2, 0.25) is 5.02 Å². The number of carbonyl (C=O) groups excluding carboxylic acids is 1. The Balaban J connectivity index is 2.07. The molecule has 2 rings (SSSR count). The zero-order chi connectivity index (χ0) is 13.1. The minimum atomic E-state index is -0.265. The zero-order valence-electron chi connectivity index (χ0n) is 10.1. The van der Waals surface area contributed by atoms with Crippen molar-refractivity contribution in [2.24, 2.45) is 0 Å². The first-order valence-corrected chi connectivity index (χ1v) is 5.93. The van der Waals surface area contributed by atoms with Crippen molar-refractivity contribution in [1.29, 1.82) is 0 Å². The van der Waals surface area contributed by atoms with Gasteiger partial charge in [-0.3, -0.25) is 4.79 Å². The smallest absolute Gasteiger partial charge is 0.273 e. The van der Waals surface area contributed by atoms with Crippen LogP contribution < -0.4 is 5.32 Å². The van der Waals surface area contributed by atoms with Crippen LogP contribution in [0.3, 0.4) is 0 Å². The maximum atomic E-state index is 11.9. The second kappa shape index (κ2) is 5.23. The maximum Gasteiger partial charge on any atom is 0.273 e. The normalized spacial score (nSPS) is 12.2. The summed E-state index contributed by atoms with van der Waals surface area (Å²) >= 11 is 5.91. The topological polar surface area (TPSA) is 55.1 Å². The van der Waals surface area contributed by atoms with Crippen LogP contribution in [-0.2, 0) is 0 Å². The average Bonchev–Trinajstić information content (AvgIpc) is 2.76. The molecule has 0 aliphatic rings. The number of amides is 1. The van der Waals surface area contributed by atoms with E-state index in [9.17, 15) is 4.79 Å². The fraction of sp³-hybridized carbons (Fsp3) is 0.231. The highest BCUT2D eigenvalue weighted by molar-refractivity contribution is 6.30. The van der Waals surface area contributed by atoms with Crippen molar-refractivity contribution in [2.75, 3.05) is 0 Å². The van der Waals surface area contributed by atoms with Gasteiger partial charge in [-0.05, 0) is 31.5 Å². The molecule has 0 saturated carbocycles. The Hall–Kier alpha value is -1.81. The van der Waals surface area contributed by atoms with Crippen LogP contribution in [-0.4, -0.2) is 11.1 Å². The van der Waals surface area contributed by atoms with Gasteiger partial charge in [-0.1, -0.05) is 28.9 Å². The molecule has 5 heteroatoms. The summed E-state index contributed by atoms with van der Waals surface area (Å²) in [5.41, 5.74) is 1.22. The molecule has 0 aliphatic carbocycles. The summed E-state index contributed by atoms with van der Waals surface area (Å²) in [5.74, 6) is 0.342. The summed E-state index contributed by atoms with van der Waals surface area (Å²) in [6, 6.07) is 8.82. The van der Waals surface area contributed by atoms with E-state index in [4.69, 9.17) is 16.1 Å². The summed E-state index contributed by atoms with van der Waals surface area (Å²) in [4.78, 5) is 11.9. The van der Waals surface area contributed by atoms with Gasteiger partial charge in [-0.25, -0.2) is 0 Å². The third-order valence-electron chi connectivity index (χ3n) is 2.56. The maximum absolute atomic E-state index is 11.9. The van der Waals surface area contributed by atoms with Crippen LogP contribution >= 0.6 is 11.6 Å². The largest absolute Gasteiger partial charge is 0.361 e. The summed E-state index contributed by atoms with van der Waals surface area (Å²) in [5, 5.41) is 7.14. The number of aromatic nitrogens is 1. The van der Waals surface area contributed by atoms with Gasteiger partial charge in [0.25, 0.3) is 5.91 Å². The molecule has 2 aromatic rings. The number of nitrogens with zero attached hydrogens (tertiary/aromatic N) is 1. The molecule has 1 aromatic carbocycles. The van der Waals surface area contributed by atoms with Gasteiger partial charge < -0.3 is 9.84 Å². The first-order valence-electron chi connectivity index (χ1n) is 5.56. The predicted octanol–water partition coefficient (Wildman–Crippen LogP) is 3.13. The van der Waals surface area contributed by atoms with Crippen LogP contribution in [0.1, 0.15) is 34.8 Å². The van der Waals surface area contributed by atoms with Gasteiger partial charge in [-0.15, -0.1) is 0 Å². The summed E-state index contributed by atoms with van der Waals surface area (Å²) in [6.45, 7) is 3.63. The quantitative estimate of drug-likeness (QED) is 0.927. The van der Waals surface area contributed by atoms with Gasteiger partial charge in [0, 0.05) is 11.1 Å². The number of aryl methyl sites for hydroxylation is 1. The Morgan fingerprint density at radius 1 is 1.44 bits per heavy atom. The zero-order valence-corrected chi connectivity index (χ0v) is 10.9. The van der Waals surface area contributed by atoms with Gasteiger partial charge in [0.15, 0.2) is 5.69 Å². The van der Waals surface area contributed by atoms with E-state index in [1.807, 2.05) is 25.1 Å². The van der Waals surface area contributed by atoms with Crippen LogP contribution in [0.15, 0.2) is 34.9 Å². The summed E-state index contributed by atoms with van der Waals surface area (Å²) in [7, 11) is 0. The fourth-order valence-corrected chi connectivity index (χ4v) is 1.80. The van der Waals surface area contributed by atoms with E-state index in [2.05, 4.69) is 10.5 Å². The van der Waals surface area contributed by atoms with Crippen LogP contribution in [0.4, 0.5) is 0 Å². The van der Waals surface area contributed by atoms with Crippen LogP contribution in [0, 0.1) is 6.92 Å². The third kappa shape index (κ3) is 2.90. The molecule has 0 saturated heterocycles. The number of hydrogen-bond donors (Lipinski definition) is 1. The van der Waals surface area contributed by atoms with Crippen LogP contribution in [0.5, 0.6) is 0 Å². The Bertz CT molecular complexity index is 566. The molecule has 4 nitrogen and oxygen atoms in total. The molecule has 0 bridgehead atoms. The molecular weight excluding hydrogens is 252 g/mol. The molecule has 1 N–H and O–H groups in total. The molecular formula is C13H13ClN2O2. The highest BCUT2D eigenvalue weighted by Gasteiger charge is 2.14. The number of hydrogen-bond acceptors (Lipinski definition) is 3. The van der Waals surface area contributed by atoms with Gasteiger partial charge in [0.2, 0.25) is 0 Å². The molecule has 1 atom stereocenters. The highest BCUT2D eigenvalue weighted by Crippen LogP contribution is 2.17. The lowest BCUT2D eigenvalue weighted by atomic mass is 10.1. The lowest BCUT2D eigenvalue weighted by Gasteiger charge is -2.13. The lowest BCUT2D eigenvalue weighted by molar-refractivity contribution is 0.0930. The standard InChI is InChI=1S/C13H13ClN2O2/c1-8-6-12(16-18-8)13(17)15-9(2)10-4-3-5-11(14)7-10/h3-7,9H,1-2H3,(H,15,17)/t9-/m0/s1. The van der Waals surface area contributed by atoms with E-state index in [0.717, 1.165) is 5.56 Å². The Morgan fingerprint density at radius 3 is 2.83 bits per heavy atom. The molecule has 1 heterocycles. The van der Waals surface area contributed by atoms with Crippen molar-refractivity contribution in [1.82, 2.24) is 10.5 Å². The molecule has 0 fully saturated rings. The van der Waals surface area contributed by atoms with Crippen molar-refractivity contribution < 1.29 is 9.32 Å². The van der Waals surface area contributed by atoms with Crippen molar-refractivity contribution in [2.45, 2.75) is 19.9 Å².